The molecular weight excluding hydrogens is 328 g/mol. The highest BCUT2D eigenvalue weighted by Crippen LogP contribution is 2.28. The predicted molar refractivity (Wildman–Crippen MR) is 85.0 cm³/mol. The summed E-state index contributed by atoms with van der Waals surface area (Å²) in [6.07, 6.45) is 0. The number of halogens is 1. The first-order chi connectivity index (χ1) is 10.1. The Hall–Kier alpha value is -1.63. The predicted octanol–water partition coefficient (Wildman–Crippen LogP) is 4.61. The third-order valence-corrected chi connectivity index (χ3v) is 5.17. The minimum atomic E-state index is -0.265. The van der Waals surface area contributed by atoms with Crippen LogP contribution in [-0.4, -0.2) is 11.1 Å². The number of nitrogens with one attached hydrogen (secondary N) is 1. The van der Waals surface area contributed by atoms with E-state index in [4.69, 9.17) is 16.1 Å². The second-order valence-electron chi connectivity index (χ2n) is 4.39. The SMILES string of the molecule is CC(NC(=O)c1cc(-c2cccs2)on1)c1ccc(Cl)s1. The van der Waals surface area contributed by atoms with E-state index in [1.165, 1.54) is 22.7 Å². The smallest absolute Gasteiger partial charge is 0.273 e. The quantitative estimate of drug-likeness (QED) is 0.755. The van der Waals surface area contributed by atoms with Crippen LogP contribution in [-0.2, 0) is 0 Å². The molecule has 3 aromatic rings. The highest BCUT2D eigenvalue weighted by atomic mass is 35.5. The van der Waals surface area contributed by atoms with Crippen LogP contribution in [0, 0.1) is 0 Å². The van der Waals surface area contributed by atoms with E-state index < -0.39 is 0 Å². The maximum Gasteiger partial charge on any atom is 0.273 e. The molecule has 0 aromatic carbocycles. The summed E-state index contributed by atoms with van der Waals surface area (Å²) in [6.45, 7) is 1.90. The molecular formula is C14H11ClN2O2S2. The molecule has 0 aliphatic carbocycles. The molecule has 1 N–H and O–H groups in total. The van der Waals surface area contributed by atoms with Gasteiger partial charge in [-0.05, 0) is 30.5 Å². The molecule has 7 heteroatoms. The van der Waals surface area contributed by atoms with Crippen molar-refractivity contribution < 1.29 is 9.32 Å². The summed E-state index contributed by atoms with van der Waals surface area (Å²) in [7, 11) is 0. The van der Waals surface area contributed by atoms with Gasteiger partial charge in [0.15, 0.2) is 11.5 Å². The Labute approximate surface area is 134 Å². The second kappa shape index (κ2) is 6.01. The van der Waals surface area contributed by atoms with Crippen molar-refractivity contribution in [2.24, 2.45) is 0 Å². The zero-order valence-electron chi connectivity index (χ0n) is 11.0. The first-order valence-corrected chi connectivity index (χ1v) is 8.27. The van der Waals surface area contributed by atoms with E-state index in [-0.39, 0.29) is 17.6 Å². The van der Waals surface area contributed by atoms with Crippen molar-refractivity contribution in [1.82, 2.24) is 10.5 Å². The van der Waals surface area contributed by atoms with Crippen molar-refractivity contribution in [3.63, 3.8) is 0 Å². The van der Waals surface area contributed by atoms with Crippen LogP contribution in [0.15, 0.2) is 40.2 Å². The number of carbonyl (C=O) groups is 1. The van der Waals surface area contributed by atoms with Gasteiger partial charge in [0.25, 0.3) is 5.91 Å². The number of thiophene rings is 2. The van der Waals surface area contributed by atoms with Crippen molar-refractivity contribution >= 4 is 40.2 Å². The molecule has 1 unspecified atom stereocenters. The van der Waals surface area contributed by atoms with E-state index in [9.17, 15) is 4.79 Å². The fourth-order valence-corrected chi connectivity index (χ4v) is 3.56. The van der Waals surface area contributed by atoms with Gasteiger partial charge in [-0.25, -0.2) is 0 Å². The van der Waals surface area contributed by atoms with Gasteiger partial charge in [-0.1, -0.05) is 22.8 Å². The molecule has 108 valence electrons. The molecule has 1 atom stereocenters. The van der Waals surface area contributed by atoms with Crippen molar-refractivity contribution in [3.8, 4) is 10.6 Å². The number of rotatable bonds is 4. The minimum Gasteiger partial charge on any atom is -0.355 e. The largest absolute Gasteiger partial charge is 0.355 e. The molecule has 0 fully saturated rings. The van der Waals surface area contributed by atoms with E-state index >= 15 is 0 Å². The van der Waals surface area contributed by atoms with E-state index in [2.05, 4.69) is 10.5 Å². The van der Waals surface area contributed by atoms with Crippen LogP contribution in [0.3, 0.4) is 0 Å². The Morgan fingerprint density at radius 3 is 2.95 bits per heavy atom. The van der Waals surface area contributed by atoms with Crippen LogP contribution in [0.25, 0.3) is 10.6 Å². The first-order valence-electron chi connectivity index (χ1n) is 6.20. The van der Waals surface area contributed by atoms with E-state index in [1.807, 2.05) is 36.6 Å². The molecule has 0 saturated heterocycles. The van der Waals surface area contributed by atoms with Gasteiger partial charge in [-0.15, -0.1) is 22.7 Å². The number of aromatic nitrogens is 1. The first kappa shape index (κ1) is 14.3. The molecule has 0 aliphatic rings. The molecule has 0 radical (unpaired) electrons. The lowest BCUT2D eigenvalue weighted by molar-refractivity contribution is 0.0931. The van der Waals surface area contributed by atoms with Gasteiger partial charge in [0, 0.05) is 10.9 Å². The third-order valence-electron chi connectivity index (χ3n) is 2.88. The van der Waals surface area contributed by atoms with Crippen molar-refractivity contribution in [1.29, 1.82) is 0 Å². The van der Waals surface area contributed by atoms with Crippen LogP contribution in [0.2, 0.25) is 4.34 Å². The fourth-order valence-electron chi connectivity index (χ4n) is 1.82. The normalized spacial score (nSPS) is 12.3. The Morgan fingerprint density at radius 2 is 2.29 bits per heavy atom. The van der Waals surface area contributed by atoms with Crippen LogP contribution < -0.4 is 5.32 Å². The maximum absolute atomic E-state index is 12.2. The summed E-state index contributed by atoms with van der Waals surface area (Å²) >= 11 is 8.88. The lowest BCUT2D eigenvalue weighted by Gasteiger charge is -2.10. The number of hydrogen-bond acceptors (Lipinski definition) is 5. The molecule has 0 bridgehead atoms. The zero-order valence-corrected chi connectivity index (χ0v) is 13.4. The van der Waals surface area contributed by atoms with Crippen LogP contribution in [0.1, 0.15) is 28.3 Å². The van der Waals surface area contributed by atoms with Gasteiger partial charge in [-0.2, -0.15) is 0 Å². The van der Waals surface area contributed by atoms with E-state index in [1.54, 1.807) is 6.07 Å². The van der Waals surface area contributed by atoms with E-state index in [0.717, 1.165) is 9.75 Å². The summed E-state index contributed by atoms with van der Waals surface area (Å²) in [4.78, 5) is 14.1. The minimum absolute atomic E-state index is 0.128. The number of carbonyl (C=O) groups excluding carboxylic acids is 1. The number of amides is 1. The molecule has 3 rings (SSSR count). The summed E-state index contributed by atoms with van der Waals surface area (Å²) < 4.78 is 5.90. The summed E-state index contributed by atoms with van der Waals surface area (Å²) in [5.41, 5.74) is 0.271. The standard InChI is InChI=1S/C14H11ClN2O2S2/c1-8(11-4-5-13(15)21-11)16-14(18)9-7-10(19-17-9)12-3-2-6-20-12/h2-8H,1H3,(H,16,18). The van der Waals surface area contributed by atoms with Crippen LogP contribution in [0.4, 0.5) is 0 Å². The summed E-state index contributed by atoms with van der Waals surface area (Å²) in [5.74, 6) is 0.334. The van der Waals surface area contributed by atoms with Crippen molar-refractivity contribution in [2.45, 2.75) is 13.0 Å². The highest BCUT2D eigenvalue weighted by Gasteiger charge is 2.17. The van der Waals surface area contributed by atoms with Gasteiger partial charge in [-0.3, -0.25) is 4.79 Å². The zero-order chi connectivity index (χ0) is 14.8. The van der Waals surface area contributed by atoms with Gasteiger partial charge in [0.1, 0.15) is 0 Å². The number of nitrogens with zero attached hydrogens (tertiary/aromatic N) is 1. The molecule has 1 amide bonds. The monoisotopic (exact) mass is 338 g/mol. The average Bonchev–Trinajstić information content (AvgIpc) is 3.19. The molecule has 3 aromatic heterocycles. The molecule has 21 heavy (non-hydrogen) atoms. The summed E-state index contributed by atoms with van der Waals surface area (Å²) in [6, 6.07) is 9.08. The average molecular weight is 339 g/mol. The molecule has 4 nitrogen and oxygen atoms in total. The van der Waals surface area contributed by atoms with Crippen LogP contribution in [0.5, 0.6) is 0 Å². The van der Waals surface area contributed by atoms with E-state index in [0.29, 0.717) is 10.1 Å². The lowest BCUT2D eigenvalue weighted by atomic mass is 10.2. The topological polar surface area (TPSA) is 55.1 Å². The van der Waals surface area contributed by atoms with Gasteiger partial charge < -0.3 is 9.84 Å². The maximum atomic E-state index is 12.2. The molecule has 0 saturated carbocycles. The summed E-state index contributed by atoms with van der Waals surface area (Å²) in [5, 5.41) is 8.64. The Balaban J connectivity index is 1.71. The van der Waals surface area contributed by atoms with Gasteiger partial charge >= 0.3 is 0 Å². The lowest BCUT2D eigenvalue weighted by Crippen LogP contribution is -2.26. The highest BCUT2D eigenvalue weighted by molar-refractivity contribution is 7.16. The fraction of sp³-hybridized carbons (Fsp3) is 0.143. The molecule has 3 heterocycles. The Bertz CT molecular complexity index is 749. The third kappa shape index (κ3) is 3.18. The van der Waals surface area contributed by atoms with Gasteiger partial charge in [0.05, 0.1) is 15.3 Å². The Kier molecular flexibility index (Phi) is 4.10. The Morgan fingerprint density at radius 1 is 1.43 bits per heavy atom. The molecule has 0 spiro atoms. The van der Waals surface area contributed by atoms with Crippen LogP contribution >= 0.6 is 34.3 Å². The number of hydrogen-bond donors (Lipinski definition) is 1. The van der Waals surface area contributed by atoms with Crippen molar-refractivity contribution in [3.05, 3.63) is 50.6 Å². The molecule has 0 aliphatic heterocycles. The van der Waals surface area contributed by atoms with Gasteiger partial charge in [0.2, 0.25) is 0 Å². The van der Waals surface area contributed by atoms with Crippen molar-refractivity contribution in [2.75, 3.05) is 0 Å². The second-order valence-corrected chi connectivity index (χ2v) is 7.09.